The van der Waals surface area contributed by atoms with Crippen molar-refractivity contribution in [3.05, 3.63) is 0 Å². The summed E-state index contributed by atoms with van der Waals surface area (Å²) < 4.78 is 39.6. The molecule has 0 unspecified atom stereocenters. The molecular weight excluding hydrogens is 384 g/mol. The second-order valence-corrected chi connectivity index (χ2v) is 11.3. The zero-order valence-electron chi connectivity index (χ0n) is 17.0. The second kappa shape index (κ2) is 13.0. The lowest BCUT2D eigenvalue weighted by atomic mass is 9.96. The van der Waals surface area contributed by atoms with E-state index in [2.05, 4.69) is 10.9 Å². The van der Waals surface area contributed by atoms with E-state index >= 15 is 0 Å². The molecule has 0 spiro atoms. The molecule has 0 radical (unpaired) electrons. The zero-order chi connectivity index (χ0) is 22.6. The number of rotatable bonds is 2. The Labute approximate surface area is 158 Å². The second-order valence-electron chi connectivity index (χ2n) is 7.04. The number of primary amides is 2. The average molecular weight is 421 g/mol. The zero-order valence-corrected chi connectivity index (χ0v) is 18.6. The van der Waals surface area contributed by atoms with Crippen LogP contribution < -0.4 is 21.7 Å². The highest BCUT2D eigenvalue weighted by Gasteiger charge is 2.23. The van der Waals surface area contributed by atoms with Crippen molar-refractivity contribution in [3.8, 4) is 0 Å². The van der Waals surface area contributed by atoms with E-state index < -0.39 is 24.8 Å². The standard InChI is InChI=1S/C5H11NO.C4H11NO2S.C3H7NO.C2H7NO2S/c1-5(2,3)4(6)7;1-4(2,3)8(5,6)7;1-2-3(4)5;1-2-6(3,4)5/h1-3H3,(H2,6,7);1-3H3,(H2,5,6,7);2H2,1H3,(H2,4,5);2H2,1H3,(H2,3,4,5). The fourth-order valence-corrected chi connectivity index (χ4v) is 0. The van der Waals surface area contributed by atoms with Gasteiger partial charge in [-0.2, -0.15) is 0 Å². The topological polar surface area (TPSA) is 206 Å². The highest BCUT2D eigenvalue weighted by Crippen LogP contribution is 2.10. The third kappa shape index (κ3) is 30.6. The monoisotopic (exact) mass is 420 g/mol. The van der Waals surface area contributed by atoms with Crippen molar-refractivity contribution in [1.29, 1.82) is 0 Å². The highest BCUT2D eigenvalue weighted by molar-refractivity contribution is 7.90. The Morgan fingerprint density at radius 2 is 0.962 bits per heavy atom. The maximum atomic E-state index is 10.4. The number of carbonyl (C=O) groups excluding carboxylic acids is 2. The number of nitrogens with two attached hydrogens (primary N) is 4. The van der Waals surface area contributed by atoms with Crippen LogP contribution in [-0.2, 0) is 29.6 Å². The molecule has 0 rings (SSSR count). The van der Waals surface area contributed by atoms with E-state index in [1.807, 2.05) is 0 Å². The third-order valence-corrected chi connectivity index (χ3v) is 4.86. The minimum Gasteiger partial charge on any atom is -0.370 e. The molecule has 0 atom stereocenters. The average Bonchev–Trinajstić information content (AvgIpc) is 2.36. The molecule has 0 heterocycles. The van der Waals surface area contributed by atoms with Crippen molar-refractivity contribution >= 4 is 31.9 Å². The van der Waals surface area contributed by atoms with E-state index in [1.54, 1.807) is 48.5 Å². The van der Waals surface area contributed by atoms with Gasteiger partial charge in [-0.1, -0.05) is 27.7 Å². The number of hydrogen-bond acceptors (Lipinski definition) is 6. The summed E-state index contributed by atoms with van der Waals surface area (Å²) in [6, 6.07) is 0. The summed E-state index contributed by atoms with van der Waals surface area (Å²) in [6.45, 7) is 13.3. The van der Waals surface area contributed by atoms with E-state index in [0.29, 0.717) is 6.42 Å². The van der Waals surface area contributed by atoms with Crippen molar-refractivity contribution in [1.82, 2.24) is 0 Å². The normalized spacial score (nSPS) is 11.5. The Morgan fingerprint density at radius 3 is 0.962 bits per heavy atom. The Morgan fingerprint density at radius 1 is 0.808 bits per heavy atom. The molecule has 0 aliphatic heterocycles. The van der Waals surface area contributed by atoms with Gasteiger partial charge in [0.1, 0.15) is 0 Å². The maximum absolute atomic E-state index is 10.4. The first kappa shape index (κ1) is 32.4. The van der Waals surface area contributed by atoms with Crippen molar-refractivity contribution in [2.45, 2.75) is 66.6 Å². The molecule has 0 aliphatic carbocycles. The van der Waals surface area contributed by atoms with Crippen molar-refractivity contribution < 1.29 is 26.4 Å². The molecule has 0 bridgehead atoms. The summed E-state index contributed by atoms with van der Waals surface area (Å²) in [5.74, 6) is -0.481. The van der Waals surface area contributed by atoms with E-state index in [4.69, 9.17) is 10.9 Å². The molecule has 2 amide bonds. The molecule has 0 saturated carbocycles. The summed E-state index contributed by atoms with van der Waals surface area (Å²) in [6.07, 6.45) is 0.444. The molecule has 0 fully saturated rings. The summed E-state index contributed by atoms with van der Waals surface area (Å²) in [5, 5.41) is 9.29. The first-order valence-electron chi connectivity index (χ1n) is 7.63. The van der Waals surface area contributed by atoms with Gasteiger partial charge in [-0.3, -0.25) is 9.59 Å². The molecule has 160 valence electrons. The molecule has 0 aromatic rings. The Balaban J connectivity index is -0.000000126. The summed E-state index contributed by atoms with van der Waals surface area (Å²) in [7, 11) is -6.50. The number of hydrogen-bond donors (Lipinski definition) is 4. The summed E-state index contributed by atoms with van der Waals surface area (Å²) in [5.41, 5.74) is 9.22. The fraction of sp³-hybridized carbons (Fsp3) is 0.857. The van der Waals surface area contributed by atoms with Crippen LogP contribution in [0.3, 0.4) is 0 Å². The molecule has 8 N–H and O–H groups in total. The van der Waals surface area contributed by atoms with Gasteiger partial charge in [-0.15, -0.1) is 0 Å². The van der Waals surface area contributed by atoms with Gasteiger partial charge < -0.3 is 11.5 Å². The van der Waals surface area contributed by atoms with Gasteiger partial charge in [0.25, 0.3) is 0 Å². The van der Waals surface area contributed by atoms with E-state index in [9.17, 15) is 26.4 Å². The van der Waals surface area contributed by atoms with Gasteiger partial charge in [-0.05, 0) is 27.7 Å². The van der Waals surface area contributed by atoms with Crippen LogP contribution >= 0.6 is 0 Å². The van der Waals surface area contributed by atoms with Crippen LogP contribution in [0.1, 0.15) is 61.8 Å². The van der Waals surface area contributed by atoms with Gasteiger partial charge >= 0.3 is 0 Å². The van der Waals surface area contributed by atoms with Crippen LogP contribution in [-0.4, -0.2) is 39.1 Å². The van der Waals surface area contributed by atoms with Crippen molar-refractivity contribution in [3.63, 3.8) is 0 Å². The molecule has 0 aromatic carbocycles. The largest absolute Gasteiger partial charge is 0.370 e. The SMILES string of the molecule is CC(C)(C)C(N)=O.CC(C)(C)S(N)(=O)=O.CCC(N)=O.CCS(N)(=O)=O. The fourth-order valence-electron chi connectivity index (χ4n) is 0. The quantitative estimate of drug-likeness (QED) is 0.474. The van der Waals surface area contributed by atoms with Crippen LogP contribution in [0.4, 0.5) is 0 Å². The van der Waals surface area contributed by atoms with Gasteiger partial charge in [0.15, 0.2) is 0 Å². The van der Waals surface area contributed by atoms with Crippen LogP contribution in [0.15, 0.2) is 0 Å². The Kier molecular flexibility index (Phi) is 16.2. The third-order valence-electron chi connectivity index (χ3n) is 2.34. The van der Waals surface area contributed by atoms with Crippen LogP contribution in [0.5, 0.6) is 0 Å². The lowest BCUT2D eigenvalue weighted by molar-refractivity contribution is -0.125. The lowest BCUT2D eigenvalue weighted by Gasteiger charge is -2.13. The molecule has 10 nitrogen and oxygen atoms in total. The molecular formula is C14H36N4O6S2. The molecule has 0 aliphatic rings. The van der Waals surface area contributed by atoms with E-state index in [1.165, 1.54) is 6.92 Å². The number of sulfonamides is 2. The summed E-state index contributed by atoms with van der Waals surface area (Å²) in [4.78, 5) is 19.8. The van der Waals surface area contributed by atoms with Gasteiger partial charge in [-0.25, -0.2) is 27.1 Å². The minimum absolute atomic E-state index is 0.0208. The minimum atomic E-state index is -3.34. The predicted molar refractivity (Wildman–Crippen MR) is 105 cm³/mol. The van der Waals surface area contributed by atoms with Crippen LogP contribution in [0, 0.1) is 5.41 Å². The first-order chi connectivity index (χ1) is 11.0. The van der Waals surface area contributed by atoms with E-state index in [0.717, 1.165) is 0 Å². The Bertz CT molecular complexity index is 615. The number of amides is 2. The summed E-state index contributed by atoms with van der Waals surface area (Å²) >= 11 is 0. The molecule has 0 saturated heterocycles. The Hall–Kier alpha value is -1.24. The smallest absolute Gasteiger partial charge is 0.222 e. The predicted octanol–water partition coefficient (Wildman–Crippen LogP) is -0.232. The lowest BCUT2D eigenvalue weighted by Crippen LogP contribution is -2.34. The number of carbonyl (C=O) groups is 2. The van der Waals surface area contributed by atoms with Crippen LogP contribution in [0.2, 0.25) is 0 Å². The number of primary sulfonamides is 2. The van der Waals surface area contributed by atoms with Gasteiger partial charge in [0.05, 0.1) is 10.5 Å². The molecule has 12 heteroatoms. The van der Waals surface area contributed by atoms with Crippen LogP contribution in [0.25, 0.3) is 0 Å². The van der Waals surface area contributed by atoms with Crippen molar-refractivity contribution in [2.75, 3.05) is 5.75 Å². The maximum Gasteiger partial charge on any atom is 0.222 e. The highest BCUT2D eigenvalue weighted by atomic mass is 32.2. The van der Waals surface area contributed by atoms with Crippen molar-refractivity contribution in [2.24, 2.45) is 27.2 Å². The first-order valence-corrected chi connectivity index (χ1v) is 10.9. The van der Waals surface area contributed by atoms with E-state index in [-0.39, 0.29) is 23.0 Å². The molecule has 0 aromatic heterocycles. The van der Waals surface area contributed by atoms with Gasteiger partial charge in [0, 0.05) is 11.8 Å². The molecule has 26 heavy (non-hydrogen) atoms. The van der Waals surface area contributed by atoms with Gasteiger partial charge in [0.2, 0.25) is 31.9 Å².